The summed E-state index contributed by atoms with van der Waals surface area (Å²) in [6.45, 7) is 0. The fraction of sp³-hybridized carbons (Fsp3) is 0. The van der Waals surface area contributed by atoms with E-state index in [0.29, 0.717) is 5.52 Å². The van der Waals surface area contributed by atoms with Crippen molar-refractivity contribution in [2.24, 2.45) is 0 Å². The van der Waals surface area contributed by atoms with Crippen LogP contribution >= 0.6 is 7.75 Å². The van der Waals surface area contributed by atoms with E-state index in [1.165, 1.54) is 6.07 Å². The fourth-order valence-corrected chi connectivity index (χ4v) is 1.70. The van der Waals surface area contributed by atoms with Gasteiger partial charge >= 0.3 is 7.75 Å². The second kappa shape index (κ2) is 3.62. The van der Waals surface area contributed by atoms with Crippen LogP contribution in [0.5, 0.6) is 0 Å². The van der Waals surface area contributed by atoms with Crippen LogP contribution in [0.2, 0.25) is 0 Å². The maximum absolute atomic E-state index is 10.7. The molecule has 0 amide bonds. The summed E-state index contributed by atoms with van der Waals surface area (Å²) in [4.78, 5) is 21.5. The highest BCUT2D eigenvalue weighted by atomic mass is 31.2. The summed E-state index contributed by atoms with van der Waals surface area (Å²) in [6, 6.07) is 10.6. The van der Waals surface area contributed by atoms with Gasteiger partial charge in [0.1, 0.15) is 5.82 Å². The van der Waals surface area contributed by atoms with Crippen LogP contribution in [0.4, 0.5) is 5.82 Å². The van der Waals surface area contributed by atoms with E-state index >= 15 is 0 Å². The second-order valence-electron chi connectivity index (χ2n) is 3.05. The number of hydrogen-bond donors (Lipinski definition) is 3. The van der Waals surface area contributed by atoms with Crippen LogP contribution in [0, 0.1) is 0 Å². The van der Waals surface area contributed by atoms with E-state index in [4.69, 9.17) is 9.79 Å². The molecule has 1 aromatic heterocycles. The molecule has 6 heteroatoms. The molecule has 5 nitrogen and oxygen atoms in total. The molecule has 15 heavy (non-hydrogen) atoms. The van der Waals surface area contributed by atoms with E-state index in [1.54, 1.807) is 12.1 Å². The van der Waals surface area contributed by atoms with Crippen LogP contribution in [-0.4, -0.2) is 14.8 Å². The van der Waals surface area contributed by atoms with Crippen molar-refractivity contribution in [1.29, 1.82) is 0 Å². The zero-order chi connectivity index (χ0) is 10.9. The van der Waals surface area contributed by atoms with Crippen LogP contribution in [0.25, 0.3) is 10.9 Å². The summed E-state index contributed by atoms with van der Waals surface area (Å²) in [6.07, 6.45) is 0. The van der Waals surface area contributed by atoms with Gasteiger partial charge in [-0.2, -0.15) is 0 Å². The van der Waals surface area contributed by atoms with Gasteiger partial charge in [-0.1, -0.05) is 18.2 Å². The van der Waals surface area contributed by atoms with Crippen LogP contribution in [0.15, 0.2) is 36.4 Å². The van der Waals surface area contributed by atoms with Crippen LogP contribution in [-0.2, 0) is 4.57 Å². The topological polar surface area (TPSA) is 82.5 Å². The van der Waals surface area contributed by atoms with E-state index in [1.807, 2.05) is 23.3 Å². The van der Waals surface area contributed by atoms with Crippen molar-refractivity contribution in [3.05, 3.63) is 36.4 Å². The Balaban J connectivity index is 2.43. The third-order valence-electron chi connectivity index (χ3n) is 1.86. The molecule has 0 unspecified atom stereocenters. The number of hydrogen-bond acceptors (Lipinski definition) is 2. The molecule has 1 heterocycles. The quantitative estimate of drug-likeness (QED) is 0.677. The van der Waals surface area contributed by atoms with E-state index in [9.17, 15) is 4.57 Å². The number of pyridine rings is 1. The lowest BCUT2D eigenvalue weighted by atomic mass is 10.2. The minimum atomic E-state index is -4.28. The van der Waals surface area contributed by atoms with Crippen molar-refractivity contribution in [3.63, 3.8) is 0 Å². The highest BCUT2D eigenvalue weighted by Gasteiger charge is 2.12. The van der Waals surface area contributed by atoms with Gasteiger partial charge in [0.25, 0.3) is 0 Å². The van der Waals surface area contributed by atoms with Gasteiger partial charge in [-0.05, 0) is 18.2 Å². The lowest BCUT2D eigenvalue weighted by Gasteiger charge is -2.07. The second-order valence-corrected chi connectivity index (χ2v) is 4.36. The molecule has 0 radical (unpaired) electrons. The lowest BCUT2D eigenvalue weighted by molar-refractivity contribution is 0.380. The van der Waals surface area contributed by atoms with Gasteiger partial charge in [-0.15, -0.1) is 0 Å². The molecule has 0 bridgehead atoms. The molecule has 0 fully saturated rings. The summed E-state index contributed by atoms with van der Waals surface area (Å²) in [5, 5.41) is 2.95. The van der Waals surface area contributed by atoms with E-state index in [-0.39, 0.29) is 5.82 Å². The van der Waals surface area contributed by atoms with Gasteiger partial charge < -0.3 is 9.79 Å². The minimum Gasteiger partial charge on any atom is -0.308 e. The van der Waals surface area contributed by atoms with Crippen molar-refractivity contribution in [3.8, 4) is 0 Å². The summed E-state index contributed by atoms with van der Waals surface area (Å²) in [5.41, 5.74) is 0.691. The zero-order valence-corrected chi connectivity index (χ0v) is 8.56. The number of nitrogens with zero attached hydrogens (tertiary/aromatic N) is 1. The van der Waals surface area contributed by atoms with Gasteiger partial charge in [-0.25, -0.2) is 9.55 Å². The summed E-state index contributed by atoms with van der Waals surface area (Å²) in [5.74, 6) is 0.169. The van der Waals surface area contributed by atoms with Gasteiger partial charge in [0.15, 0.2) is 0 Å². The summed E-state index contributed by atoms with van der Waals surface area (Å²) in [7, 11) is -4.28. The number of benzene rings is 1. The van der Waals surface area contributed by atoms with Crippen molar-refractivity contribution in [2.45, 2.75) is 0 Å². The Morgan fingerprint density at radius 1 is 1.13 bits per heavy atom. The SMILES string of the molecule is O=P(O)(O)Nc1ccc2ccccc2n1. The predicted molar refractivity (Wildman–Crippen MR) is 57.4 cm³/mol. The van der Waals surface area contributed by atoms with Crippen molar-refractivity contribution in [1.82, 2.24) is 4.98 Å². The standard InChI is InChI=1S/C9H9N2O3P/c12-15(13,14)11-9-6-5-7-3-1-2-4-8(7)10-9/h1-6H,(H3,10,11,12,13,14). The number of nitrogens with one attached hydrogen (secondary N) is 1. The van der Waals surface area contributed by atoms with Gasteiger partial charge in [0.05, 0.1) is 5.52 Å². The first-order valence-corrected chi connectivity index (χ1v) is 5.85. The molecule has 78 valence electrons. The largest absolute Gasteiger partial charge is 0.428 e. The van der Waals surface area contributed by atoms with Crippen LogP contribution in [0.1, 0.15) is 0 Å². The van der Waals surface area contributed by atoms with Crippen molar-refractivity contribution in [2.75, 3.05) is 5.09 Å². The Morgan fingerprint density at radius 2 is 1.87 bits per heavy atom. The molecule has 0 aliphatic rings. The molecular weight excluding hydrogens is 215 g/mol. The molecule has 0 spiro atoms. The fourth-order valence-electron chi connectivity index (χ4n) is 1.28. The molecule has 0 saturated carbocycles. The Morgan fingerprint density at radius 3 is 2.60 bits per heavy atom. The summed E-state index contributed by atoms with van der Waals surface area (Å²) < 4.78 is 10.7. The normalized spacial score (nSPS) is 11.6. The molecule has 2 aromatic rings. The Bertz CT molecular complexity index is 538. The Hall–Kier alpha value is -1.42. The maximum Gasteiger partial charge on any atom is 0.428 e. The molecule has 3 N–H and O–H groups in total. The highest BCUT2D eigenvalue weighted by molar-refractivity contribution is 7.53. The Kier molecular flexibility index (Phi) is 2.44. The van der Waals surface area contributed by atoms with Crippen molar-refractivity contribution >= 4 is 24.5 Å². The molecular formula is C9H9N2O3P. The molecule has 1 aromatic carbocycles. The van der Waals surface area contributed by atoms with E-state index in [0.717, 1.165) is 5.39 Å². The van der Waals surface area contributed by atoms with Crippen LogP contribution < -0.4 is 5.09 Å². The lowest BCUT2D eigenvalue weighted by Crippen LogP contribution is -1.96. The van der Waals surface area contributed by atoms with Crippen molar-refractivity contribution < 1.29 is 14.4 Å². The van der Waals surface area contributed by atoms with E-state index < -0.39 is 7.75 Å². The molecule has 0 aliphatic heterocycles. The average Bonchev–Trinajstić information content (AvgIpc) is 2.15. The number of fused-ring (bicyclic) bond motifs is 1. The number of anilines is 1. The summed E-state index contributed by atoms with van der Waals surface area (Å²) >= 11 is 0. The monoisotopic (exact) mass is 224 g/mol. The molecule has 0 aliphatic carbocycles. The molecule has 0 saturated heterocycles. The molecule has 0 atom stereocenters. The zero-order valence-electron chi connectivity index (χ0n) is 7.66. The first-order chi connectivity index (χ1) is 7.04. The average molecular weight is 224 g/mol. The third-order valence-corrected chi connectivity index (χ3v) is 2.38. The molecule has 2 rings (SSSR count). The third kappa shape index (κ3) is 2.53. The maximum atomic E-state index is 10.7. The Labute approximate surface area is 86.0 Å². The van der Waals surface area contributed by atoms with E-state index in [2.05, 4.69) is 4.98 Å². The highest BCUT2D eigenvalue weighted by Crippen LogP contribution is 2.34. The van der Waals surface area contributed by atoms with Gasteiger partial charge in [0, 0.05) is 5.39 Å². The first kappa shape index (κ1) is 10.1. The van der Waals surface area contributed by atoms with Gasteiger partial charge in [-0.3, -0.25) is 5.09 Å². The number of para-hydroxylation sites is 1. The first-order valence-electron chi connectivity index (χ1n) is 4.24. The smallest absolute Gasteiger partial charge is 0.308 e. The number of rotatable bonds is 2. The minimum absolute atomic E-state index is 0.169. The van der Waals surface area contributed by atoms with Gasteiger partial charge in [0.2, 0.25) is 0 Å². The predicted octanol–water partition coefficient (Wildman–Crippen LogP) is 1.74. The number of aromatic nitrogens is 1. The van der Waals surface area contributed by atoms with Crippen LogP contribution in [0.3, 0.4) is 0 Å².